The summed E-state index contributed by atoms with van der Waals surface area (Å²) in [4.78, 5) is 0. The average molecular weight is 275 g/mol. The molecular weight excluding hydrogens is 246 g/mol. The van der Waals surface area contributed by atoms with E-state index in [0.717, 1.165) is 19.6 Å². The van der Waals surface area contributed by atoms with E-state index in [-0.39, 0.29) is 5.41 Å². The highest BCUT2D eigenvalue weighted by Gasteiger charge is 2.24. The van der Waals surface area contributed by atoms with Gasteiger partial charge in [0.05, 0.1) is 12.7 Å². The van der Waals surface area contributed by atoms with Gasteiger partial charge in [-0.1, -0.05) is 52.0 Å². The van der Waals surface area contributed by atoms with Gasteiger partial charge in [0.2, 0.25) is 0 Å². The molecule has 1 aliphatic rings. The minimum absolute atomic E-state index is 0.177. The van der Waals surface area contributed by atoms with E-state index >= 15 is 0 Å². The SMILES string of the molecule is CC(C)NCC(C)(C)COC1CCCc2ccccc21. The monoisotopic (exact) mass is 275 g/mol. The van der Waals surface area contributed by atoms with Crippen LogP contribution in [0.1, 0.15) is 57.8 Å². The molecule has 0 bridgehead atoms. The quantitative estimate of drug-likeness (QED) is 0.843. The van der Waals surface area contributed by atoms with Gasteiger partial charge < -0.3 is 10.1 Å². The van der Waals surface area contributed by atoms with Crippen LogP contribution in [0.15, 0.2) is 24.3 Å². The van der Waals surface area contributed by atoms with E-state index in [0.29, 0.717) is 12.1 Å². The van der Waals surface area contributed by atoms with Crippen LogP contribution in [-0.4, -0.2) is 19.2 Å². The highest BCUT2D eigenvalue weighted by Crippen LogP contribution is 2.33. The second-order valence-electron chi connectivity index (χ2n) is 7.09. The van der Waals surface area contributed by atoms with Crippen molar-refractivity contribution in [2.75, 3.05) is 13.2 Å². The highest BCUT2D eigenvalue weighted by atomic mass is 16.5. The summed E-state index contributed by atoms with van der Waals surface area (Å²) in [5.41, 5.74) is 3.06. The summed E-state index contributed by atoms with van der Waals surface area (Å²) in [5.74, 6) is 0. The van der Waals surface area contributed by atoms with E-state index in [9.17, 15) is 0 Å². The number of rotatable bonds is 6. The molecule has 0 aliphatic heterocycles. The first-order chi connectivity index (χ1) is 9.48. The van der Waals surface area contributed by atoms with E-state index in [4.69, 9.17) is 4.74 Å². The lowest BCUT2D eigenvalue weighted by Crippen LogP contribution is -2.37. The lowest BCUT2D eigenvalue weighted by molar-refractivity contribution is -0.00711. The van der Waals surface area contributed by atoms with Crippen molar-refractivity contribution in [3.63, 3.8) is 0 Å². The van der Waals surface area contributed by atoms with Gasteiger partial charge in [0.15, 0.2) is 0 Å². The number of ether oxygens (including phenoxy) is 1. The van der Waals surface area contributed by atoms with Crippen molar-refractivity contribution >= 4 is 0 Å². The first-order valence-corrected chi connectivity index (χ1v) is 7.91. The van der Waals surface area contributed by atoms with Crippen LogP contribution < -0.4 is 5.32 Å². The molecule has 2 nitrogen and oxygen atoms in total. The molecule has 0 saturated heterocycles. The van der Waals surface area contributed by atoms with Crippen LogP contribution in [0.25, 0.3) is 0 Å². The fourth-order valence-corrected chi connectivity index (χ4v) is 2.74. The number of benzene rings is 1. The molecule has 0 aromatic heterocycles. The summed E-state index contributed by atoms with van der Waals surface area (Å²) in [6, 6.07) is 9.28. The van der Waals surface area contributed by atoms with Gasteiger partial charge in [-0.3, -0.25) is 0 Å². The van der Waals surface area contributed by atoms with Crippen molar-refractivity contribution < 1.29 is 4.74 Å². The first kappa shape index (κ1) is 15.5. The predicted octanol–water partition coefficient (Wildman–Crippen LogP) is 4.10. The Morgan fingerprint density at radius 2 is 2.05 bits per heavy atom. The van der Waals surface area contributed by atoms with E-state index in [1.54, 1.807) is 0 Å². The molecule has 2 heteroatoms. The van der Waals surface area contributed by atoms with E-state index in [2.05, 4.69) is 57.3 Å². The van der Waals surface area contributed by atoms with Gasteiger partial charge in [-0.2, -0.15) is 0 Å². The van der Waals surface area contributed by atoms with Gasteiger partial charge in [-0.25, -0.2) is 0 Å². The molecule has 20 heavy (non-hydrogen) atoms. The Balaban J connectivity index is 1.91. The maximum Gasteiger partial charge on any atom is 0.0828 e. The summed E-state index contributed by atoms with van der Waals surface area (Å²) in [6.07, 6.45) is 3.89. The van der Waals surface area contributed by atoms with Gasteiger partial charge in [0.1, 0.15) is 0 Å². The van der Waals surface area contributed by atoms with Gasteiger partial charge in [0, 0.05) is 18.0 Å². The minimum atomic E-state index is 0.177. The van der Waals surface area contributed by atoms with Crippen molar-refractivity contribution in [2.24, 2.45) is 5.41 Å². The molecule has 2 rings (SSSR count). The molecule has 0 saturated carbocycles. The molecule has 0 spiro atoms. The topological polar surface area (TPSA) is 21.3 Å². The third kappa shape index (κ3) is 4.32. The number of hydrogen-bond acceptors (Lipinski definition) is 2. The van der Waals surface area contributed by atoms with Crippen molar-refractivity contribution in [3.05, 3.63) is 35.4 Å². The van der Waals surface area contributed by atoms with Crippen molar-refractivity contribution in [1.82, 2.24) is 5.32 Å². The Morgan fingerprint density at radius 3 is 2.80 bits per heavy atom. The second-order valence-corrected chi connectivity index (χ2v) is 7.09. The van der Waals surface area contributed by atoms with E-state index < -0.39 is 0 Å². The molecule has 1 unspecified atom stereocenters. The molecule has 1 aromatic carbocycles. The van der Waals surface area contributed by atoms with E-state index in [1.807, 2.05) is 0 Å². The predicted molar refractivity (Wildman–Crippen MR) is 85.0 cm³/mol. The molecule has 0 radical (unpaired) electrons. The maximum atomic E-state index is 6.27. The fraction of sp³-hybridized carbons (Fsp3) is 0.667. The van der Waals surface area contributed by atoms with Crippen LogP contribution in [0.5, 0.6) is 0 Å². The number of nitrogens with one attached hydrogen (secondary N) is 1. The molecular formula is C18H29NO. The Bertz CT molecular complexity index is 425. The summed E-state index contributed by atoms with van der Waals surface area (Å²) < 4.78 is 6.27. The van der Waals surface area contributed by atoms with Crippen LogP contribution in [0.4, 0.5) is 0 Å². The van der Waals surface area contributed by atoms with Crippen LogP contribution >= 0.6 is 0 Å². The first-order valence-electron chi connectivity index (χ1n) is 7.91. The Morgan fingerprint density at radius 1 is 1.30 bits per heavy atom. The zero-order valence-electron chi connectivity index (χ0n) is 13.4. The summed E-state index contributed by atoms with van der Waals surface area (Å²) in [6.45, 7) is 10.7. The molecule has 1 atom stereocenters. The Kier molecular flexibility index (Phi) is 5.22. The van der Waals surface area contributed by atoms with Gasteiger partial charge in [-0.05, 0) is 30.4 Å². The van der Waals surface area contributed by atoms with Gasteiger partial charge in [-0.15, -0.1) is 0 Å². The zero-order chi connectivity index (χ0) is 14.6. The second kappa shape index (κ2) is 6.73. The molecule has 0 fully saturated rings. The average Bonchev–Trinajstić information content (AvgIpc) is 2.43. The number of fused-ring (bicyclic) bond motifs is 1. The lowest BCUT2D eigenvalue weighted by atomic mass is 9.89. The number of aryl methyl sites for hydroxylation is 1. The summed E-state index contributed by atoms with van der Waals surface area (Å²) in [7, 11) is 0. The van der Waals surface area contributed by atoms with Crippen LogP contribution in [0.2, 0.25) is 0 Å². The van der Waals surface area contributed by atoms with Crippen LogP contribution in [-0.2, 0) is 11.2 Å². The molecule has 1 N–H and O–H groups in total. The maximum absolute atomic E-state index is 6.27. The van der Waals surface area contributed by atoms with Crippen molar-refractivity contribution in [3.8, 4) is 0 Å². The zero-order valence-corrected chi connectivity index (χ0v) is 13.4. The van der Waals surface area contributed by atoms with Crippen molar-refractivity contribution in [2.45, 2.75) is 59.1 Å². The minimum Gasteiger partial charge on any atom is -0.373 e. The summed E-state index contributed by atoms with van der Waals surface area (Å²) in [5, 5.41) is 3.51. The number of hydrogen-bond donors (Lipinski definition) is 1. The molecule has 112 valence electrons. The third-order valence-electron chi connectivity index (χ3n) is 3.98. The third-order valence-corrected chi connectivity index (χ3v) is 3.98. The fourth-order valence-electron chi connectivity index (χ4n) is 2.74. The molecule has 0 amide bonds. The molecule has 1 aliphatic carbocycles. The highest BCUT2D eigenvalue weighted by molar-refractivity contribution is 5.31. The van der Waals surface area contributed by atoms with Crippen LogP contribution in [0, 0.1) is 5.41 Å². The standard InChI is InChI=1S/C18H29NO/c1-14(2)19-12-18(3,4)13-20-17-11-7-9-15-8-5-6-10-16(15)17/h5-6,8,10,14,17,19H,7,9,11-13H2,1-4H3. The normalized spacial score (nSPS) is 19.1. The molecule has 1 aromatic rings. The largest absolute Gasteiger partial charge is 0.373 e. The van der Waals surface area contributed by atoms with Crippen LogP contribution in [0.3, 0.4) is 0 Å². The smallest absolute Gasteiger partial charge is 0.0828 e. The lowest BCUT2D eigenvalue weighted by Gasteiger charge is -2.31. The van der Waals surface area contributed by atoms with Gasteiger partial charge in [0.25, 0.3) is 0 Å². The van der Waals surface area contributed by atoms with Crippen molar-refractivity contribution in [1.29, 1.82) is 0 Å². The Labute approximate surface area is 123 Å². The molecule has 0 heterocycles. The Hall–Kier alpha value is -0.860. The summed E-state index contributed by atoms with van der Waals surface area (Å²) >= 11 is 0. The van der Waals surface area contributed by atoms with E-state index in [1.165, 1.54) is 24.0 Å². The van der Waals surface area contributed by atoms with Gasteiger partial charge >= 0.3 is 0 Å².